The van der Waals surface area contributed by atoms with E-state index in [4.69, 9.17) is 14.2 Å². The monoisotopic (exact) mass is 405 g/mol. The largest absolute Gasteiger partial charge is 0.444 e. The predicted molar refractivity (Wildman–Crippen MR) is 110 cm³/mol. The van der Waals surface area contributed by atoms with E-state index in [1.807, 2.05) is 0 Å². The van der Waals surface area contributed by atoms with E-state index >= 15 is 0 Å². The molecular formula is C21H31N3O5. The van der Waals surface area contributed by atoms with Crippen LogP contribution in [-0.4, -0.2) is 36.0 Å². The van der Waals surface area contributed by atoms with Gasteiger partial charge in [0.1, 0.15) is 11.2 Å². The molecule has 0 fully saturated rings. The number of hydrogen-bond acceptors (Lipinski definition) is 6. The topological polar surface area (TPSA) is 110 Å². The van der Waals surface area contributed by atoms with Crippen molar-refractivity contribution in [3.05, 3.63) is 29.3 Å². The number of nitriles is 1. The van der Waals surface area contributed by atoms with Crippen LogP contribution in [0, 0.1) is 11.3 Å². The molecule has 0 aliphatic heterocycles. The SMILES string of the molecule is CC(COCc1cc(C#N)cc(NC(=O)OC(C)(C)C)c1)NC(=O)OC(C)(C)C. The lowest BCUT2D eigenvalue weighted by Gasteiger charge is -2.22. The zero-order chi connectivity index (χ0) is 22.2. The molecule has 0 saturated carbocycles. The molecule has 2 N–H and O–H groups in total. The molecule has 1 atom stereocenters. The van der Waals surface area contributed by atoms with Gasteiger partial charge in [0, 0.05) is 5.69 Å². The lowest BCUT2D eigenvalue weighted by Crippen LogP contribution is -2.39. The maximum atomic E-state index is 11.9. The Morgan fingerprint density at radius 1 is 1.03 bits per heavy atom. The first-order valence-corrected chi connectivity index (χ1v) is 9.39. The molecule has 8 nitrogen and oxygen atoms in total. The number of ether oxygens (including phenoxy) is 3. The van der Waals surface area contributed by atoms with Crippen molar-refractivity contribution in [3.63, 3.8) is 0 Å². The van der Waals surface area contributed by atoms with Gasteiger partial charge in [-0.3, -0.25) is 5.32 Å². The molecule has 0 aromatic heterocycles. The van der Waals surface area contributed by atoms with Crippen molar-refractivity contribution < 1.29 is 23.8 Å². The number of amides is 2. The fourth-order valence-electron chi connectivity index (χ4n) is 2.24. The summed E-state index contributed by atoms with van der Waals surface area (Å²) in [5.41, 5.74) is 0.341. The second-order valence-electron chi connectivity index (χ2n) is 8.72. The van der Waals surface area contributed by atoms with Crippen molar-refractivity contribution in [2.75, 3.05) is 11.9 Å². The fraction of sp³-hybridized carbons (Fsp3) is 0.571. The van der Waals surface area contributed by atoms with Crippen LogP contribution >= 0.6 is 0 Å². The minimum absolute atomic E-state index is 0.207. The Hall–Kier alpha value is -2.79. The molecule has 0 bridgehead atoms. The van der Waals surface area contributed by atoms with E-state index in [-0.39, 0.29) is 19.3 Å². The Morgan fingerprint density at radius 3 is 2.17 bits per heavy atom. The van der Waals surface area contributed by atoms with Crippen molar-refractivity contribution in [3.8, 4) is 6.07 Å². The number of nitrogens with zero attached hydrogens (tertiary/aromatic N) is 1. The quantitative estimate of drug-likeness (QED) is 0.729. The molecule has 8 heteroatoms. The van der Waals surface area contributed by atoms with Gasteiger partial charge in [-0.25, -0.2) is 9.59 Å². The predicted octanol–water partition coefficient (Wildman–Crippen LogP) is 4.34. The molecule has 0 spiro atoms. The molecule has 2 amide bonds. The average molecular weight is 405 g/mol. The third-order valence-electron chi connectivity index (χ3n) is 3.17. The van der Waals surface area contributed by atoms with Crippen molar-refractivity contribution in [1.29, 1.82) is 5.26 Å². The van der Waals surface area contributed by atoms with E-state index in [1.165, 1.54) is 0 Å². The molecule has 1 rings (SSSR count). The van der Waals surface area contributed by atoms with Crippen LogP contribution in [0.5, 0.6) is 0 Å². The smallest absolute Gasteiger partial charge is 0.412 e. The minimum atomic E-state index is -0.625. The number of anilines is 1. The summed E-state index contributed by atoms with van der Waals surface area (Å²) in [6, 6.07) is 6.73. The standard InChI is InChI=1S/C21H31N3O5/c1-14(23-18(25)28-20(2,3)4)12-27-13-16-8-15(11-22)9-17(10-16)24-19(26)29-21(5,6)7/h8-10,14H,12-13H2,1-7H3,(H,23,25)(H,24,26). The third kappa shape index (κ3) is 11.0. The van der Waals surface area contributed by atoms with Gasteiger partial charge < -0.3 is 19.5 Å². The maximum Gasteiger partial charge on any atom is 0.412 e. The molecule has 1 aromatic carbocycles. The summed E-state index contributed by atoms with van der Waals surface area (Å²) in [6.45, 7) is 12.9. The normalized spacial score (nSPS) is 12.5. The molecule has 0 aliphatic rings. The Labute approximate surface area is 172 Å². The Bertz CT molecular complexity index is 757. The van der Waals surface area contributed by atoms with Gasteiger partial charge in [0.25, 0.3) is 0 Å². The summed E-state index contributed by atoms with van der Waals surface area (Å²) in [5, 5.41) is 14.5. The number of alkyl carbamates (subject to hydrolysis) is 1. The molecule has 0 aliphatic carbocycles. The van der Waals surface area contributed by atoms with E-state index in [1.54, 1.807) is 66.7 Å². The number of rotatable bonds is 6. The fourth-order valence-corrected chi connectivity index (χ4v) is 2.24. The minimum Gasteiger partial charge on any atom is -0.444 e. The molecule has 0 saturated heterocycles. The summed E-state index contributed by atoms with van der Waals surface area (Å²) in [6.07, 6.45) is -1.11. The van der Waals surface area contributed by atoms with Crippen LogP contribution in [0.3, 0.4) is 0 Å². The van der Waals surface area contributed by atoms with Crippen LogP contribution in [0.1, 0.15) is 59.6 Å². The molecular weight excluding hydrogens is 374 g/mol. The summed E-state index contributed by atoms with van der Waals surface area (Å²) < 4.78 is 16.0. The van der Waals surface area contributed by atoms with Crippen molar-refractivity contribution in [2.45, 2.75) is 72.3 Å². The Kier molecular flexibility index (Phi) is 8.46. The lowest BCUT2D eigenvalue weighted by molar-refractivity contribution is 0.0442. The van der Waals surface area contributed by atoms with Gasteiger partial charge in [0.2, 0.25) is 0 Å². The molecule has 1 unspecified atom stereocenters. The van der Waals surface area contributed by atoms with Crippen LogP contribution in [0.2, 0.25) is 0 Å². The van der Waals surface area contributed by atoms with Gasteiger partial charge in [-0.15, -0.1) is 0 Å². The molecule has 1 aromatic rings. The van der Waals surface area contributed by atoms with Crippen LogP contribution in [0.25, 0.3) is 0 Å². The van der Waals surface area contributed by atoms with Gasteiger partial charge >= 0.3 is 12.2 Å². The summed E-state index contributed by atoms with van der Waals surface area (Å²) in [5.74, 6) is 0. The van der Waals surface area contributed by atoms with Gasteiger partial charge in [0.15, 0.2) is 0 Å². The van der Waals surface area contributed by atoms with Crippen molar-refractivity contribution in [1.82, 2.24) is 5.32 Å². The highest BCUT2D eigenvalue weighted by Crippen LogP contribution is 2.17. The van der Waals surface area contributed by atoms with Crippen LogP contribution in [0.4, 0.5) is 15.3 Å². The summed E-state index contributed by atoms with van der Waals surface area (Å²) >= 11 is 0. The molecule has 0 heterocycles. The van der Waals surface area contributed by atoms with E-state index < -0.39 is 23.4 Å². The second-order valence-corrected chi connectivity index (χ2v) is 8.72. The zero-order valence-electron chi connectivity index (χ0n) is 18.2. The summed E-state index contributed by atoms with van der Waals surface area (Å²) in [7, 11) is 0. The summed E-state index contributed by atoms with van der Waals surface area (Å²) in [4.78, 5) is 23.7. The number of carbonyl (C=O) groups is 2. The Balaban J connectivity index is 2.62. The van der Waals surface area contributed by atoms with Gasteiger partial charge in [0.05, 0.1) is 30.9 Å². The Morgan fingerprint density at radius 2 is 1.62 bits per heavy atom. The average Bonchev–Trinajstić information content (AvgIpc) is 2.50. The second kappa shape index (κ2) is 10.1. The van der Waals surface area contributed by atoms with Crippen LogP contribution in [0.15, 0.2) is 18.2 Å². The van der Waals surface area contributed by atoms with Crippen molar-refractivity contribution in [2.24, 2.45) is 0 Å². The van der Waals surface area contributed by atoms with E-state index in [9.17, 15) is 14.9 Å². The van der Waals surface area contributed by atoms with E-state index in [2.05, 4.69) is 16.7 Å². The van der Waals surface area contributed by atoms with Crippen LogP contribution < -0.4 is 10.6 Å². The molecule has 29 heavy (non-hydrogen) atoms. The highest BCUT2D eigenvalue weighted by Gasteiger charge is 2.18. The van der Waals surface area contributed by atoms with Crippen LogP contribution in [-0.2, 0) is 20.8 Å². The number of benzene rings is 1. The van der Waals surface area contributed by atoms with Gasteiger partial charge in [-0.1, -0.05) is 0 Å². The third-order valence-corrected chi connectivity index (χ3v) is 3.17. The number of nitrogens with one attached hydrogen (secondary N) is 2. The molecule has 0 radical (unpaired) electrons. The zero-order valence-corrected chi connectivity index (χ0v) is 18.2. The van der Waals surface area contributed by atoms with E-state index in [0.717, 1.165) is 0 Å². The first kappa shape index (κ1) is 24.2. The molecule has 160 valence electrons. The van der Waals surface area contributed by atoms with Gasteiger partial charge in [-0.05, 0) is 72.2 Å². The lowest BCUT2D eigenvalue weighted by atomic mass is 10.1. The maximum absolute atomic E-state index is 11.9. The highest BCUT2D eigenvalue weighted by atomic mass is 16.6. The van der Waals surface area contributed by atoms with E-state index in [0.29, 0.717) is 16.8 Å². The first-order chi connectivity index (χ1) is 13.3. The highest BCUT2D eigenvalue weighted by molar-refractivity contribution is 5.85. The number of carbonyl (C=O) groups excluding carboxylic acids is 2. The van der Waals surface area contributed by atoms with Crippen molar-refractivity contribution >= 4 is 17.9 Å². The number of hydrogen-bond donors (Lipinski definition) is 2. The first-order valence-electron chi connectivity index (χ1n) is 9.39. The van der Waals surface area contributed by atoms with Gasteiger partial charge in [-0.2, -0.15) is 5.26 Å².